The van der Waals surface area contributed by atoms with Crippen molar-refractivity contribution >= 4 is 18.1 Å². The highest BCUT2D eigenvalue weighted by atomic mass is 16.2. The van der Waals surface area contributed by atoms with Crippen LogP contribution in [0.15, 0.2) is 17.2 Å². The fourth-order valence-corrected chi connectivity index (χ4v) is 1.46. The number of nitrogens with zero attached hydrogens (tertiary/aromatic N) is 2. The van der Waals surface area contributed by atoms with Crippen LogP contribution in [0.25, 0.3) is 12.2 Å². The first-order valence-electron chi connectivity index (χ1n) is 3.92. The summed E-state index contributed by atoms with van der Waals surface area (Å²) in [7, 11) is 0. The van der Waals surface area contributed by atoms with Crippen LogP contribution in [0, 0.1) is 0 Å². The second-order valence-electron chi connectivity index (χ2n) is 2.91. The molecule has 0 saturated heterocycles. The molecule has 1 aliphatic carbocycles. The molecule has 0 spiro atoms. The number of fused-ring (bicyclic) bond motifs is 2. The monoisotopic (exact) mass is 171 g/mol. The Labute approximate surface area is 73.3 Å². The number of hydrogen-bond acceptors (Lipinski definition) is 3. The third kappa shape index (κ3) is 0.767. The highest BCUT2D eigenvalue weighted by Gasteiger charge is 2.16. The number of pyridine rings is 1. The minimum absolute atomic E-state index is 0.175. The third-order valence-electron chi connectivity index (χ3n) is 2.10. The Morgan fingerprint density at radius 1 is 1.38 bits per heavy atom. The van der Waals surface area contributed by atoms with Crippen LogP contribution in [0.4, 0.5) is 0 Å². The number of carbonyl (C=O) groups is 1. The number of hydrogen-bond donors (Lipinski definition) is 1. The van der Waals surface area contributed by atoms with Crippen molar-refractivity contribution in [3.8, 4) is 0 Å². The van der Waals surface area contributed by atoms with Crippen molar-refractivity contribution in [2.75, 3.05) is 0 Å². The molecule has 0 aromatic carbocycles. The van der Waals surface area contributed by atoms with Crippen molar-refractivity contribution in [1.82, 2.24) is 10.4 Å². The normalized spacial score (nSPS) is 15.8. The summed E-state index contributed by atoms with van der Waals surface area (Å²) in [6, 6.07) is 1.81. The standard InChI is InChI=1S/C9H5N3O/c13-9-6-4-5-2-1-3-7(5)10-8(6)11-12-9/h1-4H,(H,12,13). The lowest BCUT2D eigenvalue weighted by Gasteiger charge is -1.91. The van der Waals surface area contributed by atoms with Crippen LogP contribution in [0.3, 0.4) is 0 Å². The van der Waals surface area contributed by atoms with Gasteiger partial charge in [0.05, 0.1) is 11.3 Å². The quantitative estimate of drug-likeness (QED) is 0.553. The Morgan fingerprint density at radius 3 is 3.23 bits per heavy atom. The molecule has 1 aromatic rings. The molecule has 1 aliphatic heterocycles. The smallest absolute Gasteiger partial charge is 0.267 e. The van der Waals surface area contributed by atoms with Gasteiger partial charge in [0.2, 0.25) is 0 Å². The summed E-state index contributed by atoms with van der Waals surface area (Å²) in [6.45, 7) is 0. The Hall–Kier alpha value is -1.97. The van der Waals surface area contributed by atoms with E-state index in [0.29, 0.717) is 11.1 Å². The Bertz CT molecular complexity index is 557. The van der Waals surface area contributed by atoms with Crippen molar-refractivity contribution in [3.05, 3.63) is 34.1 Å². The van der Waals surface area contributed by atoms with Gasteiger partial charge >= 0.3 is 0 Å². The van der Waals surface area contributed by atoms with E-state index in [-0.39, 0.29) is 5.91 Å². The molecule has 0 fully saturated rings. The molecule has 4 nitrogen and oxygen atoms in total. The van der Waals surface area contributed by atoms with E-state index in [2.05, 4.69) is 15.5 Å². The fourth-order valence-electron chi connectivity index (χ4n) is 1.46. The van der Waals surface area contributed by atoms with Crippen LogP contribution in [-0.4, -0.2) is 10.9 Å². The summed E-state index contributed by atoms with van der Waals surface area (Å²) in [5, 5.41) is 4.78. The predicted octanol–water partition coefficient (Wildman–Crippen LogP) is -0.833. The highest BCUT2D eigenvalue weighted by Crippen LogP contribution is 1.99. The molecule has 0 atom stereocenters. The second-order valence-corrected chi connectivity index (χ2v) is 2.91. The van der Waals surface area contributed by atoms with Crippen molar-refractivity contribution in [3.63, 3.8) is 0 Å². The number of carbonyl (C=O) groups excluding carboxylic acids is 1. The first kappa shape index (κ1) is 6.54. The lowest BCUT2D eigenvalue weighted by molar-refractivity contribution is 0.0964. The Balaban J connectivity index is 2.45. The van der Waals surface area contributed by atoms with Gasteiger partial charge in [0.25, 0.3) is 5.91 Å². The molecule has 2 heterocycles. The average Bonchev–Trinajstić information content (AvgIpc) is 2.70. The number of aromatic nitrogens is 1. The van der Waals surface area contributed by atoms with Crippen LogP contribution in [0.2, 0.25) is 0 Å². The molecular weight excluding hydrogens is 166 g/mol. The summed E-state index contributed by atoms with van der Waals surface area (Å²) in [6.07, 6.45) is 5.73. The van der Waals surface area contributed by atoms with Crippen LogP contribution < -0.4 is 16.1 Å². The summed E-state index contributed by atoms with van der Waals surface area (Å²) in [5.74, 6) is -0.175. The van der Waals surface area contributed by atoms with Crippen molar-refractivity contribution in [1.29, 1.82) is 0 Å². The summed E-state index contributed by atoms with van der Waals surface area (Å²) in [5.41, 5.74) is 4.29. The topological polar surface area (TPSA) is 54.4 Å². The molecule has 0 unspecified atom stereocenters. The van der Waals surface area contributed by atoms with E-state index in [9.17, 15) is 4.79 Å². The molecular formula is C9H5N3O. The van der Waals surface area contributed by atoms with E-state index in [1.165, 1.54) is 0 Å². The van der Waals surface area contributed by atoms with E-state index in [1.54, 1.807) is 0 Å². The largest absolute Gasteiger partial charge is 0.275 e. The molecule has 0 bridgehead atoms. The van der Waals surface area contributed by atoms with E-state index >= 15 is 0 Å². The predicted molar refractivity (Wildman–Crippen MR) is 46.0 cm³/mol. The SMILES string of the molecule is O=C1NN=c2nc3c(cc21)=CC=C3. The van der Waals surface area contributed by atoms with Gasteiger partial charge in [-0.3, -0.25) is 4.79 Å². The third-order valence-corrected chi connectivity index (χ3v) is 2.10. The van der Waals surface area contributed by atoms with Gasteiger partial charge in [0.1, 0.15) is 0 Å². The Kier molecular flexibility index (Phi) is 1.02. The first-order chi connectivity index (χ1) is 6.34. The Morgan fingerprint density at radius 2 is 2.31 bits per heavy atom. The molecule has 0 radical (unpaired) electrons. The van der Waals surface area contributed by atoms with Gasteiger partial charge in [0, 0.05) is 5.22 Å². The zero-order valence-corrected chi connectivity index (χ0v) is 6.61. The van der Waals surface area contributed by atoms with E-state index in [4.69, 9.17) is 0 Å². The molecule has 1 amide bonds. The number of allylic oxidation sites excluding steroid dienone is 1. The van der Waals surface area contributed by atoms with Gasteiger partial charge in [-0.2, -0.15) is 5.10 Å². The van der Waals surface area contributed by atoms with Crippen molar-refractivity contribution in [2.45, 2.75) is 0 Å². The maximum Gasteiger partial charge on any atom is 0.275 e. The molecule has 0 saturated carbocycles. The lowest BCUT2D eigenvalue weighted by Crippen LogP contribution is -2.21. The highest BCUT2D eigenvalue weighted by molar-refractivity contribution is 5.95. The van der Waals surface area contributed by atoms with Gasteiger partial charge in [-0.25, -0.2) is 10.4 Å². The van der Waals surface area contributed by atoms with E-state index < -0.39 is 0 Å². The maximum atomic E-state index is 11.2. The minimum Gasteiger partial charge on any atom is -0.267 e. The molecule has 1 N–H and O–H groups in total. The van der Waals surface area contributed by atoms with Crippen molar-refractivity contribution < 1.29 is 4.79 Å². The van der Waals surface area contributed by atoms with Gasteiger partial charge in [-0.05, 0) is 12.1 Å². The van der Waals surface area contributed by atoms with Crippen LogP contribution >= 0.6 is 0 Å². The van der Waals surface area contributed by atoms with E-state index in [1.807, 2.05) is 24.3 Å². The van der Waals surface area contributed by atoms with Gasteiger partial charge in [-0.1, -0.05) is 12.2 Å². The molecule has 1 aromatic heterocycles. The average molecular weight is 171 g/mol. The fraction of sp³-hybridized carbons (Fsp3) is 0. The summed E-state index contributed by atoms with van der Waals surface area (Å²) in [4.78, 5) is 15.4. The van der Waals surface area contributed by atoms with E-state index in [0.717, 1.165) is 10.9 Å². The zero-order valence-electron chi connectivity index (χ0n) is 6.61. The second kappa shape index (κ2) is 2.04. The molecule has 62 valence electrons. The molecule has 2 aliphatic rings. The number of nitrogens with one attached hydrogen (secondary N) is 1. The number of rotatable bonds is 0. The maximum absolute atomic E-state index is 11.2. The number of amides is 1. The summed E-state index contributed by atoms with van der Waals surface area (Å²) < 4.78 is 0. The molecule has 13 heavy (non-hydrogen) atoms. The van der Waals surface area contributed by atoms with Crippen LogP contribution in [0.5, 0.6) is 0 Å². The molecule has 4 heteroatoms. The van der Waals surface area contributed by atoms with Crippen LogP contribution in [0.1, 0.15) is 16.1 Å². The van der Waals surface area contributed by atoms with Crippen molar-refractivity contribution in [2.24, 2.45) is 5.10 Å². The first-order valence-corrected chi connectivity index (χ1v) is 3.92. The molecule has 3 rings (SSSR count). The van der Waals surface area contributed by atoms with Gasteiger partial charge < -0.3 is 0 Å². The lowest BCUT2D eigenvalue weighted by atomic mass is 10.2. The van der Waals surface area contributed by atoms with Gasteiger partial charge in [-0.15, -0.1) is 0 Å². The summed E-state index contributed by atoms with van der Waals surface area (Å²) >= 11 is 0. The minimum atomic E-state index is -0.175. The van der Waals surface area contributed by atoms with Crippen LogP contribution in [-0.2, 0) is 0 Å². The zero-order chi connectivity index (χ0) is 8.84. The van der Waals surface area contributed by atoms with Gasteiger partial charge in [0.15, 0.2) is 5.49 Å².